The van der Waals surface area contributed by atoms with Crippen molar-refractivity contribution in [1.29, 1.82) is 0 Å². The summed E-state index contributed by atoms with van der Waals surface area (Å²) in [5, 5.41) is 16.1. The van der Waals surface area contributed by atoms with Gasteiger partial charge in [0.15, 0.2) is 0 Å². The molecule has 2 aromatic rings. The highest BCUT2D eigenvalue weighted by Crippen LogP contribution is 2.32. The molecule has 0 spiro atoms. The zero-order chi connectivity index (χ0) is 11.9. The molecule has 1 aliphatic rings. The predicted molar refractivity (Wildman–Crippen MR) is 69.1 cm³/mol. The minimum Gasteiger partial charge on any atom is -0.388 e. The van der Waals surface area contributed by atoms with Crippen LogP contribution in [0.5, 0.6) is 0 Å². The minimum atomic E-state index is -0.567. The Hall–Kier alpha value is -1.40. The normalized spacial score (nSPS) is 17.9. The summed E-state index contributed by atoms with van der Waals surface area (Å²) in [7, 11) is 0. The lowest BCUT2D eigenvalue weighted by Gasteiger charge is -2.36. The Morgan fingerprint density at radius 2 is 2.29 bits per heavy atom. The zero-order valence-electron chi connectivity index (χ0n) is 9.31. The van der Waals surface area contributed by atoms with Crippen LogP contribution in [-0.2, 0) is 0 Å². The number of aromatic nitrogens is 2. The summed E-state index contributed by atoms with van der Waals surface area (Å²) in [6.07, 6.45) is 2.80. The molecule has 90 valence electrons. The van der Waals surface area contributed by atoms with Gasteiger partial charge in [-0.1, -0.05) is 0 Å². The average molecular weight is 250 g/mol. The molecule has 1 aliphatic carbocycles. The molecule has 0 unspecified atom stereocenters. The van der Waals surface area contributed by atoms with Crippen LogP contribution < -0.4 is 11.1 Å². The molecule has 0 amide bonds. The third-order valence-electron chi connectivity index (χ3n) is 3.21. The van der Waals surface area contributed by atoms with Gasteiger partial charge < -0.3 is 16.2 Å². The highest BCUT2D eigenvalue weighted by atomic mass is 32.1. The van der Waals surface area contributed by atoms with Crippen molar-refractivity contribution in [3.63, 3.8) is 0 Å². The van der Waals surface area contributed by atoms with Crippen molar-refractivity contribution < 1.29 is 5.11 Å². The Labute approximate surface area is 103 Å². The van der Waals surface area contributed by atoms with Gasteiger partial charge in [-0.2, -0.15) is 4.98 Å². The number of hydrogen-bond donors (Lipinski definition) is 3. The highest BCUT2D eigenvalue weighted by molar-refractivity contribution is 7.16. The molecule has 1 saturated carbocycles. The molecule has 2 aromatic heterocycles. The maximum Gasteiger partial charge on any atom is 0.223 e. The summed E-state index contributed by atoms with van der Waals surface area (Å²) in [6, 6.07) is 1.96. The van der Waals surface area contributed by atoms with Crippen LogP contribution in [0.1, 0.15) is 19.3 Å². The largest absolute Gasteiger partial charge is 0.388 e. The van der Waals surface area contributed by atoms with E-state index in [1.165, 1.54) is 11.3 Å². The van der Waals surface area contributed by atoms with E-state index < -0.39 is 5.60 Å². The Bertz CT molecular complexity index is 549. The monoisotopic (exact) mass is 250 g/mol. The number of nitrogen functional groups attached to an aromatic ring is 1. The van der Waals surface area contributed by atoms with E-state index in [4.69, 9.17) is 5.73 Å². The molecule has 0 atom stereocenters. The Morgan fingerprint density at radius 3 is 3.00 bits per heavy atom. The van der Waals surface area contributed by atoms with E-state index in [1.54, 1.807) is 0 Å². The van der Waals surface area contributed by atoms with Gasteiger partial charge in [-0.25, -0.2) is 4.98 Å². The summed E-state index contributed by atoms with van der Waals surface area (Å²) in [5.41, 5.74) is 5.08. The van der Waals surface area contributed by atoms with E-state index in [9.17, 15) is 5.11 Å². The fraction of sp³-hybridized carbons (Fsp3) is 0.455. The molecule has 5 nitrogen and oxygen atoms in total. The third kappa shape index (κ3) is 1.94. The van der Waals surface area contributed by atoms with E-state index in [2.05, 4.69) is 15.3 Å². The standard InChI is InChI=1S/C11H14N4OS/c12-10-14-8(7-2-5-17-9(7)15-10)13-6-11(16)3-1-4-11/h2,5,16H,1,3-4,6H2,(H3,12,13,14,15). The summed E-state index contributed by atoms with van der Waals surface area (Å²) in [6.45, 7) is 0.522. The van der Waals surface area contributed by atoms with Crippen molar-refractivity contribution in [2.24, 2.45) is 0 Å². The first-order valence-corrected chi connectivity index (χ1v) is 6.51. The lowest BCUT2D eigenvalue weighted by molar-refractivity contribution is -0.0202. The van der Waals surface area contributed by atoms with Crippen molar-refractivity contribution in [3.05, 3.63) is 11.4 Å². The molecule has 3 rings (SSSR count). The topological polar surface area (TPSA) is 84.1 Å². The molecule has 4 N–H and O–H groups in total. The molecular weight excluding hydrogens is 236 g/mol. The second kappa shape index (κ2) is 3.82. The first-order valence-electron chi connectivity index (χ1n) is 5.63. The van der Waals surface area contributed by atoms with E-state index in [0.717, 1.165) is 29.5 Å². The lowest BCUT2D eigenvalue weighted by atomic mass is 9.80. The van der Waals surface area contributed by atoms with Gasteiger partial charge in [-0.3, -0.25) is 0 Å². The third-order valence-corrected chi connectivity index (χ3v) is 4.02. The van der Waals surface area contributed by atoms with Crippen LogP contribution in [0.2, 0.25) is 0 Å². The molecular formula is C11H14N4OS. The van der Waals surface area contributed by atoms with Crippen LogP contribution in [0.25, 0.3) is 10.2 Å². The molecule has 0 saturated heterocycles. The van der Waals surface area contributed by atoms with Crippen molar-refractivity contribution in [1.82, 2.24) is 9.97 Å². The molecule has 6 heteroatoms. The summed E-state index contributed by atoms with van der Waals surface area (Å²) in [5.74, 6) is 0.983. The van der Waals surface area contributed by atoms with Crippen LogP contribution in [-0.4, -0.2) is 27.2 Å². The van der Waals surface area contributed by atoms with Crippen LogP contribution in [0, 0.1) is 0 Å². The second-order valence-electron chi connectivity index (χ2n) is 4.50. The first kappa shape index (κ1) is 10.7. The Kier molecular flexibility index (Phi) is 2.41. The molecule has 17 heavy (non-hydrogen) atoms. The van der Waals surface area contributed by atoms with Crippen LogP contribution >= 0.6 is 11.3 Å². The van der Waals surface area contributed by atoms with Gasteiger partial charge in [0.05, 0.1) is 11.0 Å². The average Bonchev–Trinajstić information content (AvgIpc) is 2.71. The van der Waals surface area contributed by atoms with Crippen LogP contribution in [0.3, 0.4) is 0 Å². The molecule has 0 aliphatic heterocycles. The number of nitrogens with one attached hydrogen (secondary N) is 1. The van der Waals surface area contributed by atoms with Crippen molar-refractivity contribution in [2.75, 3.05) is 17.6 Å². The maximum absolute atomic E-state index is 10.0. The van der Waals surface area contributed by atoms with Gasteiger partial charge in [0.2, 0.25) is 5.95 Å². The summed E-state index contributed by atoms with van der Waals surface area (Å²) in [4.78, 5) is 9.22. The van der Waals surface area contributed by atoms with Gasteiger partial charge in [0, 0.05) is 6.54 Å². The Balaban J connectivity index is 1.86. The molecule has 0 aromatic carbocycles. The van der Waals surface area contributed by atoms with E-state index in [-0.39, 0.29) is 5.95 Å². The number of fused-ring (bicyclic) bond motifs is 1. The quantitative estimate of drug-likeness (QED) is 0.770. The van der Waals surface area contributed by atoms with Gasteiger partial charge in [-0.05, 0) is 30.7 Å². The van der Waals surface area contributed by atoms with Crippen LogP contribution in [0.15, 0.2) is 11.4 Å². The minimum absolute atomic E-state index is 0.267. The lowest BCUT2D eigenvalue weighted by Crippen LogP contribution is -2.43. The number of nitrogens with two attached hydrogens (primary N) is 1. The summed E-state index contributed by atoms with van der Waals surface area (Å²) >= 11 is 1.54. The number of nitrogens with zero attached hydrogens (tertiary/aromatic N) is 2. The van der Waals surface area contributed by atoms with Gasteiger partial charge in [0.25, 0.3) is 0 Å². The van der Waals surface area contributed by atoms with Crippen LogP contribution in [0.4, 0.5) is 11.8 Å². The van der Waals surface area contributed by atoms with Crippen molar-refractivity contribution >= 4 is 33.3 Å². The molecule has 1 fully saturated rings. The molecule has 0 radical (unpaired) electrons. The van der Waals surface area contributed by atoms with Gasteiger partial charge >= 0.3 is 0 Å². The highest BCUT2D eigenvalue weighted by Gasteiger charge is 2.34. The van der Waals surface area contributed by atoms with Crippen molar-refractivity contribution in [2.45, 2.75) is 24.9 Å². The SMILES string of the molecule is Nc1nc(NCC2(O)CCC2)c2ccsc2n1. The predicted octanol–water partition coefficient (Wildman–Crippen LogP) is 1.60. The molecule has 0 bridgehead atoms. The first-order chi connectivity index (χ1) is 8.16. The number of rotatable bonds is 3. The van der Waals surface area contributed by atoms with E-state index in [1.807, 2.05) is 11.4 Å². The van der Waals surface area contributed by atoms with E-state index in [0.29, 0.717) is 12.4 Å². The van der Waals surface area contributed by atoms with Gasteiger partial charge in [-0.15, -0.1) is 11.3 Å². The van der Waals surface area contributed by atoms with E-state index >= 15 is 0 Å². The number of thiophene rings is 1. The summed E-state index contributed by atoms with van der Waals surface area (Å²) < 4.78 is 0. The Morgan fingerprint density at radius 1 is 1.47 bits per heavy atom. The maximum atomic E-state index is 10.0. The van der Waals surface area contributed by atoms with Gasteiger partial charge in [0.1, 0.15) is 10.6 Å². The number of hydrogen-bond acceptors (Lipinski definition) is 6. The fourth-order valence-electron chi connectivity index (χ4n) is 2.02. The zero-order valence-corrected chi connectivity index (χ0v) is 10.1. The van der Waals surface area contributed by atoms with Crippen molar-refractivity contribution in [3.8, 4) is 0 Å². The number of aliphatic hydroxyl groups is 1. The molecule has 2 heterocycles. The number of anilines is 2. The second-order valence-corrected chi connectivity index (χ2v) is 5.40. The smallest absolute Gasteiger partial charge is 0.223 e. The fourth-order valence-corrected chi connectivity index (χ4v) is 2.79.